The summed E-state index contributed by atoms with van der Waals surface area (Å²) in [6.45, 7) is 1.92. The van der Waals surface area contributed by atoms with Crippen LogP contribution >= 0.6 is 0 Å². The number of aryl methyl sites for hydroxylation is 1. The van der Waals surface area contributed by atoms with Crippen LogP contribution in [-0.2, 0) is 0 Å². The first kappa shape index (κ1) is 7.88. The molecule has 0 atom stereocenters. The predicted octanol–water partition coefficient (Wildman–Crippen LogP) is 1.00. The maximum Gasteiger partial charge on any atom is 0.219 e. The van der Waals surface area contributed by atoms with E-state index in [1.807, 2.05) is 6.92 Å². The average Bonchev–Trinajstić information content (AvgIpc) is 1.77. The molecule has 0 aliphatic carbocycles. The van der Waals surface area contributed by atoms with E-state index in [0.717, 1.165) is 5.56 Å². The molecule has 9 heavy (non-hydrogen) atoms. The fraction of sp³-hybridized carbons (Fsp3) is 0.333. The summed E-state index contributed by atoms with van der Waals surface area (Å²) < 4.78 is 0. The summed E-state index contributed by atoms with van der Waals surface area (Å²) in [4.78, 5) is 7.49. The fourth-order valence-corrected chi connectivity index (χ4v) is 0.403. The average molecular weight is 125 g/mol. The molecule has 0 unspecified atom stereocenters. The van der Waals surface area contributed by atoms with E-state index in [1.54, 1.807) is 12.4 Å². The molecule has 0 saturated carbocycles. The molecule has 3 heteroatoms. The van der Waals surface area contributed by atoms with Crippen molar-refractivity contribution in [2.75, 3.05) is 5.73 Å². The van der Waals surface area contributed by atoms with Crippen molar-refractivity contribution in [3.63, 3.8) is 0 Å². The highest BCUT2D eigenvalue weighted by molar-refractivity contribution is 5.15. The molecule has 0 fully saturated rings. The number of rotatable bonds is 0. The molecule has 0 aromatic carbocycles. The Kier molecular flexibility index (Phi) is 2.64. The van der Waals surface area contributed by atoms with Crippen LogP contribution in [0, 0.1) is 6.92 Å². The van der Waals surface area contributed by atoms with E-state index in [1.165, 1.54) is 0 Å². The van der Waals surface area contributed by atoms with E-state index in [0.29, 0.717) is 5.95 Å². The second kappa shape index (κ2) is 3.02. The normalized spacial score (nSPS) is 8.11. The number of aromatic nitrogens is 2. The molecular weight excluding hydrogens is 114 g/mol. The molecule has 1 rings (SSSR count). The molecule has 2 N–H and O–H groups in total. The SMILES string of the molecule is C.Cc1cnc(N)nc1. The van der Waals surface area contributed by atoms with Crippen LogP contribution in [0.5, 0.6) is 0 Å². The molecule has 1 aromatic heterocycles. The van der Waals surface area contributed by atoms with Crippen molar-refractivity contribution >= 4 is 5.95 Å². The topological polar surface area (TPSA) is 51.8 Å². The van der Waals surface area contributed by atoms with Crippen molar-refractivity contribution < 1.29 is 0 Å². The lowest BCUT2D eigenvalue weighted by Crippen LogP contribution is -1.92. The number of anilines is 1. The summed E-state index contributed by atoms with van der Waals surface area (Å²) in [6, 6.07) is 0. The molecule has 0 radical (unpaired) electrons. The number of nitrogen functional groups attached to an aromatic ring is 1. The highest BCUT2D eigenvalue weighted by atomic mass is 15.0. The van der Waals surface area contributed by atoms with Crippen LogP contribution in [0.2, 0.25) is 0 Å². The molecule has 0 saturated heterocycles. The Bertz CT molecular complexity index is 147. The van der Waals surface area contributed by atoms with E-state index in [-0.39, 0.29) is 7.43 Å². The monoisotopic (exact) mass is 125 g/mol. The van der Waals surface area contributed by atoms with Gasteiger partial charge in [0.2, 0.25) is 5.95 Å². The van der Waals surface area contributed by atoms with Crippen molar-refractivity contribution in [3.8, 4) is 0 Å². The molecule has 50 valence electrons. The van der Waals surface area contributed by atoms with Gasteiger partial charge in [-0.2, -0.15) is 0 Å². The maximum absolute atomic E-state index is 5.20. The Hall–Kier alpha value is -1.12. The number of nitrogens with zero attached hydrogens (tertiary/aromatic N) is 2. The van der Waals surface area contributed by atoms with E-state index in [9.17, 15) is 0 Å². The van der Waals surface area contributed by atoms with Crippen LogP contribution in [0.15, 0.2) is 12.4 Å². The second-order valence-electron chi connectivity index (χ2n) is 1.62. The first-order valence-electron chi connectivity index (χ1n) is 2.33. The Morgan fingerprint density at radius 1 is 1.33 bits per heavy atom. The molecule has 0 aliphatic rings. The first-order chi connectivity index (χ1) is 3.79. The quantitative estimate of drug-likeness (QED) is 0.562. The standard InChI is InChI=1S/C5H7N3.CH4/c1-4-2-7-5(6)8-3-4;/h2-3H,1H3,(H2,6,7,8);1H4. The minimum Gasteiger partial charge on any atom is -0.368 e. The van der Waals surface area contributed by atoms with Gasteiger partial charge in [0.25, 0.3) is 0 Å². The van der Waals surface area contributed by atoms with Gasteiger partial charge in [-0.1, -0.05) is 7.43 Å². The van der Waals surface area contributed by atoms with Gasteiger partial charge in [-0.3, -0.25) is 0 Å². The molecule has 1 heterocycles. The number of nitrogens with two attached hydrogens (primary N) is 1. The summed E-state index contributed by atoms with van der Waals surface area (Å²) in [5.74, 6) is 0.329. The highest BCUT2D eigenvalue weighted by Gasteiger charge is 1.83. The van der Waals surface area contributed by atoms with Gasteiger partial charge in [-0.25, -0.2) is 9.97 Å². The minimum absolute atomic E-state index is 0. The smallest absolute Gasteiger partial charge is 0.219 e. The summed E-state index contributed by atoms with van der Waals surface area (Å²) in [5.41, 5.74) is 6.23. The Morgan fingerprint density at radius 3 is 2.11 bits per heavy atom. The summed E-state index contributed by atoms with van der Waals surface area (Å²) in [7, 11) is 0. The van der Waals surface area contributed by atoms with Gasteiger partial charge in [0.05, 0.1) is 0 Å². The van der Waals surface area contributed by atoms with Gasteiger partial charge < -0.3 is 5.73 Å². The minimum atomic E-state index is 0. The van der Waals surface area contributed by atoms with E-state index >= 15 is 0 Å². The van der Waals surface area contributed by atoms with Gasteiger partial charge in [0.15, 0.2) is 0 Å². The molecule has 1 aromatic rings. The largest absolute Gasteiger partial charge is 0.368 e. The predicted molar refractivity (Wildman–Crippen MR) is 37.9 cm³/mol. The zero-order valence-corrected chi connectivity index (χ0v) is 4.63. The molecule has 3 nitrogen and oxygen atoms in total. The van der Waals surface area contributed by atoms with Crippen LogP contribution in [0.1, 0.15) is 13.0 Å². The lowest BCUT2D eigenvalue weighted by Gasteiger charge is -1.88. The van der Waals surface area contributed by atoms with Crippen molar-refractivity contribution in [2.24, 2.45) is 0 Å². The fourth-order valence-electron chi connectivity index (χ4n) is 0.403. The Balaban J connectivity index is 0.000000640. The number of hydrogen-bond acceptors (Lipinski definition) is 3. The third kappa shape index (κ3) is 2.08. The molecule has 0 spiro atoms. The Labute approximate surface area is 54.9 Å². The zero-order valence-electron chi connectivity index (χ0n) is 4.63. The highest BCUT2D eigenvalue weighted by Crippen LogP contribution is 1.91. The van der Waals surface area contributed by atoms with Crippen LogP contribution in [0.3, 0.4) is 0 Å². The summed E-state index contributed by atoms with van der Waals surface area (Å²) in [6.07, 6.45) is 3.37. The lowest BCUT2D eigenvalue weighted by atomic mass is 10.4. The van der Waals surface area contributed by atoms with Gasteiger partial charge in [-0.15, -0.1) is 0 Å². The van der Waals surface area contributed by atoms with Crippen molar-refractivity contribution in [2.45, 2.75) is 14.4 Å². The molecule has 0 bridgehead atoms. The van der Waals surface area contributed by atoms with Crippen molar-refractivity contribution in [1.29, 1.82) is 0 Å². The number of hydrogen-bond donors (Lipinski definition) is 1. The molecule has 0 amide bonds. The summed E-state index contributed by atoms with van der Waals surface area (Å²) in [5, 5.41) is 0. The molecule has 0 aliphatic heterocycles. The van der Waals surface area contributed by atoms with Crippen LogP contribution in [0.4, 0.5) is 5.95 Å². The third-order valence-electron chi connectivity index (χ3n) is 0.801. The van der Waals surface area contributed by atoms with Crippen LogP contribution in [-0.4, -0.2) is 9.97 Å². The van der Waals surface area contributed by atoms with Crippen molar-refractivity contribution in [3.05, 3.63) is 18.0 Å². The van der Waals surface area contributed by atoms with Gasteiger partial charge in [-0.05, 0) is 12.5 Å². The third-order valence-corrected chi connectivity index (χ3v) is 0.801. The zero-order chi connectivity index (χ0) is 5.98. The Morgan fingerprint density at radius 2 is 1.78 bits per heavy atom. The van der Waals surface area contributed by atoms with E-state index < -0.39 is 0 Å². The van der Waals surface area contributed by atoms with E-state index in [2.05, 4.69) is 9.97 Å². The first-order valence-corrected chi connectivity index (χ1v) is 2.33. The maximum atomic E-state index is 5.20. The van der Waals surface area contributed by atoms with E-state index in [4.69, 9.17) is 5.73 Å². The van der Waals surface area contributed by atoms with Gasteiger partial charge in [0.1, 0.15) is 0 Å². The van der Waals surface area contributed by atoms with Gasteiger partial charge in [0, 0.05) is 12.4 Å². The summed E-state index contributed by atoms with van der Waals surface area (Å²) >= 11 is 0. The lowest BCUT2D eigenvalue weighted by molar-refractivity contribution is 1.15. The van der Waals surface area contributed by atoms with Crippen molar-refractivity contribution in [1.82, 2.24) is 9.97 Å². The second-order valence-corrected chi connectivity index (χ2v) is 1.62. The molecular formula is C6H11N3. The van der Waals surface area contributed by atoms with Crippen LogP contribution in [0.25, 0.3) is 0 Å². The van der Waals surface area contributed by atoms with Crippen LogP contribution < -0.4 is 5.73 Å². The van der Waals surface area contributed by atoms with Gasteiger partial charge >= 0.3 is 0 Å².